The summed E-state index contributed by atoms with van der Waals surface area (Å²) in [4.78, 5) is 13.0. The quantitative estimate of drug-likeness (QED) is 0.701. The predicted molar refractivity (Wildman–Crippen MR) is 62.0 cm³/mol. The second-order valence-electron chi connectivity index (χ2n) is 4.15. The number of alkyl halides is 3. The van der Waals surface area contributed by atoms with Crippen LogP contribution in [-0.4, -0.2) is 19.9 Å². The van der Waals surface area contributed by atoms with Crippen molar-refractivity contribution >= 4 is 11.0 Å². The van der Waals surface area contributed by atoms with Crippen molar-refractivity contribution in [2.75, 3.05) is 0 Å². The van der Waals surface area contributed by atoms with Crippen molar-refractivity contribution in [1.29, 1.82) is 0 Å². The number of hydrogen-bond donors (Lipinski definition) is 1. The Kier molecular flexibility index (Phi) is 2.85. The van der Waals surface area contributed by atoms with E-state index in [2.05, 4.69) is 19.9 Å². The van der Waals surface area contributed by atoms with E-state index in [1.807, 2.05) is 0 Å². The van der Waals surface area contributed by atoms with Gasteiger partial charge in [0.25, 0.3) is 0 Å². The summed E-state index contributed by atoms with van der Waals surface area (Å²) in [6.45, 7) is 0. The van der Waals surface area contributed by atoms with Crippen molar-refractivity contribution in [3.8, 4) is 11.4 Å². The number of imidazole rings is 1. The van der Waals surface area contributed by atoms with Crippen molar-refractivity contribution < 1.29 is 22.0 Å². The van der Waals surface area contributed by atoms with Gasteiger partial charge in [-0.2, -0.15) is 13.2 Å². The molecule has 0 saturated carbocycles. The molecule has 3 rings (SSSR count). The first-order valence-electron chi connectivity index (χ1n) is 5.58. The van der Waals surface area contributed by atoms with E-state index >= 15 is 0 Å². The molecule has 2 heterocycles. The second kappa shape index (κ2) is 4.47. The summed E-state index contributed by atoms with van der Waals surface area (Å²) in [6, 6.07) is 1.61. The van der Waals surface area contributed by atoms with Gasteiger partial charge in [0, 0.05) is 18.3 Å². The summed E-state index contributed by atoms with van der Waals surface area (Å²) >= 11 is 0. The van der Waals surface area contributed by atoms with E-state index in [4.69, 9.17) is 0 Å². The smallest absolute Gasteiger partial charge is 0.338 e. The zero-order chi connectivity index (χ0) is 15.2. The highest BCUT2D eigenvalue weighted by atomic mass is 19.4. The van der Waals surface area contributed by atoms with Crippen molar-refractivity contribution in [1.82, 2.24) is 19.9 Å². The van der Waals surface area contributed by atoms with Crippen LogP contribution in [0.2, 0.25) is 0 Å². The molecule has 0 amide bonds. The Morgan fingerprint density at radius 2 is 1.76 bits per heavy atom. The van der Waals surface area contributed by atoms with E-state index in [0.29, 0.717) is 0 Å². The third-order valence-corrected chi connectivity index (χ3v) is 2.76. The Morgan fingerprint density at radius 1 is 1.05 bits per heavy atom. The van der Waals surface area contributed by atoms with Crippen LogP contribution in [0, 0.1) is 11.6 Å². The molecular weight excluding hydrogens is 295 g/mol. The van der Waals surface area contributed by atoms with Gasteiger partial charge in [0.05, 0.1) is 16.6 Å². The van der Waals surface area contributed by atoms with E-state index in [-0.39, 0.29) is 16.9 Å². The number of aromatic nitrogens is 4. The number of hydrogen-bond acceptors (Lipinski definition) is 3. The van der Waals surface area contributed by atoms with Crippen molar-refractivity contribution in [2.24, 2.45) is 0 Å². The molecule has 21 heavy (non-hydrogen) atoms. The second-order valence-corrected chi connectivity index (χ2v) is 4.15. The monoisotopic (exact) mass is 300 g/mol. The first-order chi connectivity index (χ1) is 9.86. The minimum Gasteiger partial charge on any atom is -0.338 e. The van der Waals surface area contributed by atoms with Gasteiger partial charge in [-0.15, -0.1) is 0 Å². The van der Waals surface area contributed by atoms with Crippen molar-refractivity contribution in [3.63, 3.8) is 0 Å². The van der Waals surface area contributed by atoms with Gasteiger partial charge in [-0.25, -0.2) is 23.7 Å². The van der Waals surface area contributed by atoms with Gasteiger partial charge in [0.1, 0.15) is 12.2 Å². The molecule has 0 saturated heterocycles. The Labute approximate surface area is 113 Å². The standard InChI is InChI=1S/C12H5F5N4/c13-6-1-8-9(2-7(6)14)21-11(20-8)5-3-18-4-19-10(5)12(15,16)17/h1-4H,(H,20,21). The number of nitrogens with one attached hydrogen (secondary N) is 1. The molecule has 0 unspecified atom stereocenters. The van der Waals surface area contributed by atoms with Gasteiger partial charge in [-0.3, -0.25) is 0 Å². The molecule has 3 aromatic rings. The largest absolute Gasteiger partial charge is 0.434 e. The Morgan fingerprint density at radius 3 is 2.48 bits per heavy atom. The maximum atomic E-state index is 13.1. The van der Waals surface area contributed by atoms with Gasteiger partial charge in [-0.1, -0.05) is 0 Å². The lowest BCUT2D eigenvalue weighted by Gasteiger charge is -2.08. The third-order valence-electron chi connectivity index (χ3n) is 2.76. The molecule has 0 spiro atoms. The average Bonchev–Trinajstić information content (AvgIpc) is 2.81. The zero-order valence-corrected chi connectivity index (χ0v) is 10.0. The molecule has 1 aromatic carbocycles. The minimum atomic E-state index is -4.70. The van der Waals surface area contributed by atoms with Crippen LogP contribution >= 0.6 is 0 Å². The number of aromatic amines is 1. The van der Waals surface area contributed by atoms with E-state index in [1.54, 1.807) is 0 Å². The lowest BCUT2D eigenvalue weighted by molar-refractivity contribution is -0.140. The summed E-state index contributed by atoms with van der Waals surface area (Å²) in [7, 11) is 0. The van der Waals surface area contributed by atoms with Crippen LogP contribution in [0.3, 0.4) is 0 Å². The molecule has 0 fully saturated rings. The van der Waals surface area contributed by atoms with Crippen molar-refractivity contribution in [2.45, 2.75) is 6.18 Å². The number of benzene rings is 1. The van der Waals surface area contributed by atoms with Crippen LogP contribution in [0.1, 0.15) is 5.69 Å². The van der Waals surface area contributed by atoms with Crippen LogP contribution < -0.4 is 0 Å². The first-order valence-corrected chi connectivity index (χ1v) is 5.58. The van der Waals surface area contributed by atoms with Crippen LogP contribution in [-0.2, 0) is 6.18 Å². The van der Waals surface area contributed by atoms with Crippen molar-refractivity contribution in [3.05, 3.63) is 42.0 Å². The highest BCUT2D eigenvalue weighted by Crippen LogP contribution is 2.34. The summed E-state index contributed by atoms with van der Waals surface area (Å²) in [6.07, 6.45) is -3.01. The van der Waals surface area contributed by atoms with Gasteiger partial charge in [0.15, 0.2) is 17.3 Å². The fraction of sp³-hybridized carbons (Fsp3) is 0.0833. The van der Waals surface area contributed by atoms with E-state index in [0.717, 1.165) is 24.7 Å². The van der Waals surface area contributed by atoms with Crippen LogP contribution in [0.25, 0.3) is 22.4 Å². The zero-order valence-electron chi connectivity index (χ0n) is 10.0. The highest BCUT2D eigenvalue weighted by molar-refractivity contribution is 5.79. The van der Waals surface area contributed by atoms with Crippen LogP contribution in [0.5, 0.6) is 0 Å². The summed E-state index contributed by atoms with van der Waals surface area (Å²) < 4.78 is 64.8. The Balaban J connectivity index is 2.22. The lowest BCUT2D eigenvalue weighted by atomic mass is 10.2. The third kappa shape index (κ3) is 2.30. The van der Waals surface area contributed by atoms with Gasteiger partial charge < -0.3 is 4.98 Å². The molecule has 0 aliphatic carbocycles. The van der Waals surface area contributed by atoms with Gasteiger partial charge >= 0.3 is 6.18 Å². The molecule has 108 valence electrons. The van der Waals surface area contributed by atoms with Crippen LogP contribution in [0.4, 0.5) is 22.0 Å². The molecule has 0 radical (unpaired) electrons. The first kappa shape index (κ1) is 13.4. The summed E-state index contributed by atoms with van der Waals surface area (Å²) in [5.74, 6) is -2.48. The molecule has 0 bridgehead atoms. The number of fused-ring (bicyclic) bond motifs is 1. The fourth-order valence-corrected chi connectivity index (χ4v) is 1.86. The SMILES string of the molecule is Fc1cc2nc(-c3cncnc3C(F)(F)F)[nH]c2cc1F. The molecule has 2 aromatic heterocycles. The molecule has 9 heteroatoms. The molecule has 0 aliphatic heterocycles. The molecule has 0 atom stereocenters. The Hall–Kier alpha value is -2.58. The maximum absolute atomic E-state index is 13.1. The molecule has 4 nitrogen and oxygen atoms in total. The van der Waals surface area contributed by atoms with E-state index < -0.39 is 29.1 Å². The van der Waals surface area contributed by atoms with Gasteiger partial charge in [-0.05, 0) is 0 Å². The van der Waals surface area contributed by atoms with E-state index in [9.17, 15) is 22.0 Å². The molecule has 1 N–H and O–H groups in total. The molecule has 0 aliphatic rings. The van der Waals surface area contributed by atoms with Crippen LogP contribution in [0.15, 0.2) is 24.7 Å². The summed E-state index contributed by atoms with van der Waals surface area (Å²) in [5, 5.41) is 0. The lowest BCUT2D eigenvalue weighted by Crippen LogP contribution is -2.10. The van der Waals surface area contributed by atoms with Gasteiger partial charge in [0.2, 0.25) is 0 Å². The summed E-state index contributed by atoms with van der Waals surface area (Å²) in [5.41, 5.74) is -1.51. The Bertz CT molecular complexity index is 785. The molecular formula is C12H5F5N4. The minimum absolute atomic E-state index is 0.000813. The maximum Gasteiger partial charge on any atom is 0.434 e. The normalized spacial score (nSPS) is 12.0. The number of rotatable bonds is 1. The number of nitrogens with zero attached hydrogens (tertiary/aromatic N) is 3. The highest BCUT2D eigenvalue weighted by Gasteiger charge is 2.36. The number of H-pyrrole nitrogens is 1. The predicted octanol–water partition coefficient (Wildman–Crippen LogP) is 3.32. The van der Waals surface area contributed by atoms with E-state index in [1.165, 1.54) is 0 Å². The topological polar surface area (TPSA) is 54.5 Å². The average molecular weight is 300 g/mol. The number of halogens is 5. The fourth-order valence-electron chi connectivity index (χ4n) is 1.86.